The molecule has 1 heterocycles. The number of hydrogen-bond acceptors (Lipinski definition) is 4. The van der Waals surface area contributed by atoms with E-state index in [4.69, 9.17) is 5.11 Å². The summed E-state index contributed by atoms with van der Waals surface area (Å²) >= 11 is 1.55. The second kappa shape index (κ2) is 7.85. The molecule has 7 heteroatoms. The van der Waals surface area contributed by atoms with Crippen molar-refractivity contribution < 1.29 is 19.5 Å². The Hall–Kier alpha value is -1.24. The quantitative estimate of drug-likeness (QED) is 0.731. The fraction of sp³-hybridized carbons (Fsp3) is 0.800. The molecule has 2 atom stereocenters. The second-order valence-electron chi connectivity index (χ2n) is 6.07. The average molecular weight is 328 g/mol. The fourth-order valence-electron chi connectivity index (χ4n) is 3.26. The van der Waals surface area contributed by atoms with E-state index in [1.54, 1.807) is 11.8 Å². The summed E-state index contributed by atoms with van der Waals surface area (Å²) < 4.78 is 0. The van der Waals surface area contributed by atoms with Crippen LogP contribution in [0.2, 0.25) is 0 Å². The monoisotopic (exact) mass is 328 g/mol. The van der Waals surface area contributed by atoms with E-state index in [1.807, 2.05) is 11.2 Å². The van der Waals surface area contributed by atoms with Crippen LogP contribution in [0.3, 0.4) is 0 Å². The fourth-order valence-corrected chi connectivity index (χ4v) is 3.73. The van der Waals surface area contributed by atoms with Crippen LogP contribution in [0.25, 0.3) is 0 Å². The lowest BCUT2D eigenvalue weighted by Crippen LogP contribution is -2.44. The van der Waals surface area contributed by atoms with E-state index < -0.39 is 17.9 Å². The van der Waals surface area contributed by atoms with Crippen molar-refractivity contribution >= 4 is 29.5 Å². The van der Waals surface area contributed by atoms with Gasteiger partial charge in [-0.25, -0.2) is 4.79 Å². The van der Waals surface area contributed by atoms with Crippen molar-refractivity contribution in [3.8, 4) is 0 Å². The number of carbonyl (C=O) groups excluding carboxylic acids is 2. The number of thioether (sulfide) groups is 1. The van der Waals surface area contributed by atoms with Gasteiger partial charge in [0.1, 0.15) is 6.04 Å². The van der Waals surface area contributed by atoms with Crippen molar-refractivity contribution in [2.24, 2.45) is 5.92 Å². The second-order valence-corrected chi connectivity index (χ2v) is 7.05. The summed E-state index contributed by atoms with van der Waals surface area (Å²) in [7, 11) is 0. The summed E-state index contributed by atoms with van der Waals surface area (Å²) in [4.78, 5) is 37.4. The molecule has 0 aromatic rings. The van der Waals surface area contributed by atoms with Crippen molar-refractivity contribution in [2.75, 3.05) is 18.6 Å². The number of carboxylic acid groups (broad SMARTS) is 1. The molecule has 2 aliphatic rings. The zero-order valence-corrected chi connectivity index (χ0v) is 13.7. The molecule has 2 N–H and O–H groups in total. The molecule has 2 unspecified atom stereocenters. The van der Waals surface area contributed by atoms with Crippen molar-refractivity contribution in [3.05, 3.63) is 0 Å². The largest absolute Gasteiger partial charge is 0.480 e. The van der Waals surface area contributed by atoms with Gasteiger partial charge < -0.3 is 15.3 Å². The smallest absolute Gasteiger partial charge is 0.326 e. The van der Waals surface area contributed by atoms with Crippen LogP contribution >= 0.6 is 11.8 Å². The third-order valence-electron chi connectivity index (χ3n) is 4.52. The van der Waals surface area contributed by atoms with Gasteiger partial charge in [-0.3, -0.25) is 9.59 Å². The molecule has 22 heavy (non-hydrogen) atoms. The van der Waals surface area contributed by atoms with E-state index in [9.17, 15) is 14.4 Å². The van der Waals surface area contributed by atoms with Crippen LogP contribution in [-0.2, 0) is 14.4 Å². The number of aliphatic carboxylic acids is 1. The van der Waals surface area contributed by atoms with E-state index in [-0.39, 0.29) is 24.3 Å². The van der Waals surface area contributed by atoms with Gasteiger partial charge in [-0.1, -0.05) is 12.8 Å². The molecule has 124 valence electrons. The lowest BCUT2D eigenvalue weighted by Gasteiger charge is -2.24. The molecule has 6 nitrogen and oxygen atoms in total. The summed E-state index contributed by atoms with van der Waals surface area (Å²) in [5.74, 6) is -1.02. The molecule has 0 spiro atoms. The highest BCUT2D eigenvalue weighted by Gasteiger charge is 2.39. The van der Waals surface area contributed by atoms with Gasteiger partial charge in [-0.15, -0.1) is 0 Å². The number of nitrogens with zero attached hydrogens (tertiary/aromatic N) is 1. The first-order valence-electron chi connectivity index (χ1n) is 7.84. The maximum atomic E-state index is 12.3. The minimum atomic E-state index is -1.01. The Kier molecular flexibility index (Phi) is 6.11. The number of hydrogen-bond donors (Lipinski definition) is 2. The van der Waals surface area contributed by atoms with Gasteiger partial charge in [-0.2, -0.15) is 11.8 Å². The van der Waals surface area contributed by atoms with Crippen LogP contribution in [-0.4, -0.2) is 58.4 Å². The van der Waals surface area contributed by atoms with Gasteiger partial charge >= 0.3 is 5.97 Å². The SMILES string of the molecule is CSCCC(NC(=O)C1CC(=O)N(C2CCCC2)C1)C(=O)O. The molecule has 0 bridgehead atoms. The summed E-state index contributed by atoms with van der Waals surface area (Å²) in [6, 6.07) is -0.590. The Labute approximate surface area is 135 Å². The maximum Gasteiger partial charge on any atom is 0.326 e. The van der Waals surface area contributed by atoms with Crippen LogP contribution in [0, 0.1) is 5.92 Å². The number of carbonyl (C=O) groups is 3. The summed E-state index contributed by atoms with van der Waals surface area (Å²) in [6.45, 7) is 0.435. The van der Waals surface area contributed by atoms with Crippen LogP contribution in [0.5, 0.6) is 0 Å². The van der Waals surface area contributed by atoms with E-state index in [2.05, 4.69) is 5.32 Å². The van der Waals surface area contributed by atoms with Gasteiger partial charge in [0.05, 0.1) is 5.92 Å². The Bertz CT molecular complexity index is 437. The zero-order chi connectivity index (χ0) is 16.1. The van der Waals surface area contributed by atoms with Crippen LogP contribution in [0.4, 0.5) is 0 Å². The van der Waals surface area contributed by atoms with Crippen LogP contribution in [0.15, 0.2) is 0 Å². The van der Waals surface area contributed by atoms with Gasteiger partial charge in [-0.05, 0) is 31.3 Å². The minimum Gasteiger partial charge on any atom is -0.480 e. The highest BCUT2D eigenvalue weighted by atomic mass is 32.2. The maximum absolute atomic E-state index is 12.3. The Morgan fingerprint density at radius 3 is 2.68 bits per heavy atom. The van der Waals surface area contributed by atoms with Crippen molar-refractivity contribution in [3.63, 3.8) is 0 Å². The molecule has 1 saturated heterocycles. The molecular weight excluding hydrogens is 304 g/mol. The molecule has 0 aromatic heterocycles. The summed E-state index contributed by atoms with van der Waals surface area (Å²) in [5, 5.41) is 11.8. The number of carboxylic acids is 1. The van der Waals surface area contributed by atoms with E-state index in [0.717, 1.165) is 25.7 Å². The molecule has 0 radical (unpaired) electrons. The average Bonchev–Trinajstić information content (AvgIpc) is 3.11. The Balaban J connectivity index is 1.89. The lowest BCUT2D eigenvalue weighted by atomic mass is 10.1. The third kappa shape index (κ3) is 4.15. The molecule has 2 fully saturated rings. The first-order valence-corrected chi connectivity index (χ1v) is 9.24. The number of likely N-dealkylation sites (tertiary alicyclic amines) is 1. The lowest BCUT2D eigenvalue weighted by molar-refractivity contribution is -0.142. The first kappa shape index (κ1) is 17.1. The van der Waals surface area contributed by atoms with Gasteiger partial charge in [0.25, 0.3) is 0 Å². The van der Waals surface area contributed by atoms with Crippen LogP contribution < -0.4 is 5.32 Å². The number of amides is 2. The summed E-state index contributed by atoms with van der Waals surface area (Å²) in [5.41, 5.74) is 0. The molecule has 2 amide bonds. The number of rotatable bonds is 7. The van der Waals surface area contributed by atoms with Gasteiger partial charge in [0.2, 0.25) is 11.8 Å². The molecular formula is C15H24N2O4S. The van der Waals surface area contributed by atoms with E-state index >= 15 is 0 Å². The molecule has 1 aliphatic heterocycles. The highest BCUT2D eigenvalue weighted by Crippen LogP contribution is 2.29. The van der Waals surface area contributed by atoms with Crippen molar-refractivity contribution in [1.29, 1.82) is 0 Å². The van der Waals surface area contributed by atoms with Gasteiger partial charge in [0.15, 0.2) is 0 Å². The van der Waals surface area contributed by atoms with Crippen molar-refractivity contribution in [1.82, 2.24) is 10.2 Å². The predicted octanol–water partition coefficient (Wildman–Crippen LogP) is 1.10. The zero-order valence-electron chi connectivity index (χ0n) is 12.9. The first-order chi connectivity index (χ1) is 10.5. The van der Waals surface area contributed by atoms with E-state index in [0.29, 0.717) is 18.7 Å². The van der Waals surface area contributed by atoms with Gasteiger partial charge in [0, 0.05) is 19.0 Å². The normalized spacial score (nSPS) is 23.8. The Morgan fingerprint density at radius 2 is 2.09 bits per heavy atom. The third-order valence-corrected chi connectivity index (χ3v) is 5.16. The predicted molar refractivity (Wildman–Crippen MR) is 84.6 cm³/mol. The van der Waals surface area contributed by atoms with E-state index in [1.165, 1.54) is 0 Å². The standard InChI is InChI=1S/C15H24N2O4S/c1-22-7-6-12(15(20)21)16-14(19)10-8-13(18)17(9-10)11-4-2-3-5-11/h10-12H,2-9H2,1H3,(H,16,19)(H,20,21). The van der Waals surface area contributed by atoms with Crippen molar-refractivity contribution in [2.45, 2.75) is 50.6 Å². The molecule has 0 aromatic carbocycles. The highest BCUT2D eigenvalue weighted by molar-refractivity contribution is 7.98. The Morgan fingerprint density at radius 1 is 1.41 bits per heavy atom. The van der Waals surface area contributed by atoms with Crippen LogP contribution in [0.1, 0.15) is 38.5 Å². The topological polar surface area (TPSA) is 86.7 Å². The number of nitrogens with one attached hydrogen (secondary N) is 1. The minimum absolute atomic E-state index is 0.0306. The molecule has 1 saturated carbocycles. The molecule has 1 aliphatic carbocycles. The summed E-state index contributed by atoms with van der Waals surface area (Å²) in [6.07, 6.45) is 6.82. The molecule has 2 rings (SSSR count).